The molecule has 0 spiro atoms. The fourth-order valence-electron chi connectivity index (χ4n) is 1.32. The number of aliphatic hydroxyl groups excluding tert-OH is 4. The molecule has 78 valence electrons. The van der Waals surface area contributed by atoms with Gasteiger partial charge in [-0.1, -0.05) is 0 Å². The molecule has 1 rings (SSSR count). The van der Waals surface area contributed by atoms with Crippen LogP contribution in [0.1, 0.15) is 6.92 Å². The van der Waals surface area contributed by atoms with Crippen LogP contribution < -0.4 is 0 Å². The summed E-state index contributed by atoms with van der Waals surface area (Å²) in [5.74, 6) is -2.20. The van der Waals surface area contributed by atoms with E-state index in [2.05, 4.69) is 0 Å². The summed E-state index contributed by atoms with van der Waals surface area (Å²) in [5, 5.41) is 45.8. The minimum Gasteiger partial charge on any atom is -0.394 e. The second-order valence-electron chi connectivity index (χ2n) is 3.20. The van der Waals surface area contributed by atoms with Gasteiger partial charge in [0.1, 0.15) is 24.4 Å². The number of ether oxygens (including phenoxy) is 1. The van der Waals surface area contributed by atoms with E-state index in [-0.39, 0.29) is 0 Å². The minimum absolute atomic E-state index is 0.534. The summed E-state index contributed by atoms with van der Waals surface area (Å²) in [4.78, 5) is 0. The van der Waals surface area contributed by atoms with E-state index >= 15 is 0 Å². The Kier molecular flexibility index (Phi) is 2.91. The Bertz CT molecular complexity index is 184. The second-order valence-corrected chi connectivity index (χ2v) is 3.20. The molecule has 1 fully saturated rings. The van der Waals surface area contributed by atoms with Crippen molar-refractivity contribution < 1.29 is 30.3 Å². The van der Waals surface area contributed by atoms with E-state index in [1.165, 1.54) is 6.92 Å². The van der Waals surface area contributed by atoms with Crippen LogP contribution in [0.3, 0.4) is 0 Å². The highest BCUT2D eigenvalue weighted by atomic mass is 16.7. The van der Waals surface area contributed by atoms with Crippen LogP contribution >= 0.6 is 0 Å². The number of aliphatic hydroxyl groups is 5. The van der Waals surface area contributed by atoms with Crippen molar-refractivity contribution in [1.82, 2.24) is 0 Å². The van der Waals surface area contributed by atoms with Crippen molar-refractivity contribution >= 4 is 0 Å². The third-order valence-electron chi connectivity index (χ3n) is 2.25. The second kappa shape index (κ2) is 3.49. The topological polar surface area (TPSA) is 110 Å². The van der Waals surface area contributed by atoms with E-state index in [9.17, 15) is 15.3 Å². The predicted molar refractivity (Wildman–Crippen MR) is 40.6 cm³/mol. The van der Waals surface area contributed by atoms with Crippen LogP contribution in [-0.4, -0.2) is 62.3 Å². The zero-order valence-electron chi connectivity index (χ0n) is 7.16. The molecule has 0 aromatic carbocycles. The van der Waals surface area contributed by atoms with Crippen molar-refractivity contribution in [2.75, 3.05) is 6.61 Å². The summed E-state index contributed by atoms with van der Waals surface area (Å²) in [6.07, 6.45) is -5.45. The van der Waals surface area contributed by atoms with Gasteiger partial charge in [0.25, 0.3) is 0 Å². The van der Waals surface area contributed by atoms with Crippen LogP contribution in [0.25, 0.3) is 0 Å². The van der Waals surface area contributed by atoms with Crippen molar-refractivity contribution in [2.45, 2.75) is 37.1 Å². The lowest BCUT2D eigenvalue weighted by molar-refractivity contribution is -0.273. The Morgan fingerprint density at radius 3 is 2.23 bits per heavy atom. The zero-order valence-corrected chi connectivity index (χ0v) is 7.16. The standard InChI is InChI=1S/C7H14O6/c1-3(9)7(12)6(11)5(10)4(2-8)13-7/h3-6,8-12H,2H2,1H3/t3?,4-,5+,6-,7?/m1/s1. The van der Waals surface area contributed by atoms with Crippen LogP contribution in [0.5, 0.6) is 0 Å². The van der Waals surface area contributed by atoms with Crippen LogP contribution in [0.4, 0.5) is 0 Å². The molecule has 1 saturated heterocycles. The maximum atomic E-state index is 9.52. The van der Waals surface area contributed by atoms with Gasteiger partial charge < -0.3 is 30.3 Å². The summed E-state index contributed by atoms with van der Waals surface area (Å²) >= 11 is 0. The Labute approximate surface area is 75.0 Å². The molecule has 13 heavy (non-hydrogen) atoms. The fraction of sp³-hybridized carbons (Fsp3) is 1.00. The lowest BCUT2D eigenvalue weighted by Gasteiger charge is -2.28. The summed E-state index contributed by atoms with van der Waals surface area (Å²) in [5.41, 5.74) is 0. The van der Waals surface area contributed by atoms with Crippen molar-refractivity contribution in [3.05, 3.63) is 0 Å². The van der Waals surface area contributed by atoms with Gasteiger partial charge in [0.2, 0.25) is 5.79 Å². The first kappa shape index (κ1) is 10.8. The molecule has 0 aromatic heterocycles. The molecule has 0 aromatic rings. The van der Waals surface area contributed by atoms with Gasteiger partial charge in [-0.2, -0.15) is 0 Å². The molecule has 0 saturated carbocycles. The smallest absolute Gasteiger partial charge is 0.221 e. The molecule has 1 aliphatic rings. The molecular weight excluding hydrogens is 180 g/mol. The zero-order chi connectivity index (χ0) is 10.2. The normalized spacial score (nSPS) is 48.0. The fourth-order valence-corrected chi connectivity index (χ4v) is 1.32. The largest absolute Gasteiger partial charge is 0.394 e. The van der Waals surface area contributed by atoms with E-state index in [1.807, 2.05) is 0 Å². The molecule has 6 nitrogen and oxygen atoms in total. The molecule has 1 aliphatic heterocycles. The van der Waals surface area contributed by atoms with Gasteiger partial charge >= 0.3 is 0 Å². The van der Waals surface area contributed by atoms with Gasteiger partial charge in [0, 0.05) is 0 Å². The number of hydrogen-bond donors (Lipinski definition) is 5. The maximum Gasteiger partial charge on any atom is 0.221 e. The van der Waals surface area contributed by atoms with E-state index in [0.29, 0.717) is 0 Å². The summed E-state index contributed by atoms with van der Waals surface area (Å²) in [7, 11) is 0. The van der Waals surface area contributed by atoms with E-state index in [0.717, 1.165) is 0 Å². The van der Waals surface area contributed by atoms with E-state index in [1.54, 1.807) is 0 Å². The average Bonchev–Trinajstić information content (AvgIpc) is 2.31. The Balaban J connectivity index is 2.81. The van der Waals surface area contributed by atoms with Gasteiger partial charge in [-0.15, -0.1) is 0 Å². The Hall–Kier alpha value is -0.240. The first-order chi connectivity index (χ1) is 5.93. The molecule has 2 unspecified atom stereocenters. The van der Waals surface area contributed by atoms with Gasteiger partial charge in [-0.25, -0.2) is 0 Å². The molecule has 0 amide bonds. The Morgan fingerprint density at radius 2 is 2.00 bits per heavy atom. The van der Waals surface area contributed by atoms with E-state index in [4.69, 9.17) is 14.9 Å². The first-order valence-electron chi connectivity index (χ1n) is 3.98. The minimum atomic E-state index is -2.20. The highest BCUT2D eigenvalue weighted by molar-refractivity contribution is 4.97. The summed E-state index contributed by atoms with van der Waals surface area (Å²) in [6.45, 7) is 0.683. The molecule has 0 bridgehead atoms. The molecule has 0 radical (unpaired) electrons. The first-order valence-corrected chi connectivity index (χ1v) is 3.98. The van der Waals surface area contributed by atoms with Gasteiger partial charge in [-0.05, 0) is 6.92 Å². The monoisotopic (exact) mass is 194 g/mol. The predicted octanol–water partition coefficient (Wildman–Crippen LogP) is -2.83. The highest BCUT2D eigenvalue weighted by Gasteiger charge is 2.55. The van der Waals surface area contributed by atoms with Crippen molar-refractivity contribution in [2.24, 2.45) is 0 Å². The number of hydrogen-bond acceptors (Lipinski definition) is 6. The Morgan fingerprint density at radius 1 is 1.46 bits per heavy atom. The number of rotatable bonds is 2. The maximum absolute atomic E-state index is 9.52. The SMILES string of the molecule is CC(O)C1(O)O[C@H](CO)[C@H](O)[C@H]1O. The van der Waals surface area contributed by atoms with Crippen molar-refractivity contribution in [3.8, 4) is 0 Å². The molecule has 1 heterocycles. The molecule has 0 aliphatic carbocycles. The third kappa shape index (κ3) is 1.56. The van der Waals surface area contributed by atoms with Gasteiger partial charge in [0.15, 0.2) is 0 Å². The molecular formula is C7H14O6. The third-order valence-corrected chi connectivity index (χ3v) is 2.25. The van der Waals surface area contributed by atoms with Crippen LogP contribution in [0, 0.1) is 0 Å². The molecule has 5 atom stereocenters. The lowest BCUT2D eigenvalue weighted by Crippen LogP contribution is -2.51. The van der Waals surface area contributed by atoms with Crippen LogP contribution in [0.2, 0.25) is 0 Å². The summed E-state index contributed by atoms with van der Waals surface area (Å²) in [6, 6.07) is 0. The lowest BCUT2D eigenvalue weighted by atomic mass is 10.0. The van der Waals surface area contributed by atoms with Crippen LogP contribution in [-0.2, 0) is 4.74 Å². The van der Waals surface area contributed by atoms with Crippen molar-refractivity contribution in [1.29, 1.82) is 0 Å². The van der Waals surface area contributed by atoms with Gasteiger partial charge in [0.05, 0.1) is 6.61 Å². The molecule has 6 heteroatoms. The van der Waals surface area contributed by atoms with Gasteiger partial charge in [-0.3, -0.25) is 0 Å². The van der Waals surface area contributed by atoms with Crippen LogP contribution in [0.15, 0.2) is 0 Å². The summed E-state index contributed by atoms with van der Waals surface area (Å²) < 4.78 is 4.74. The average molecular weight is 194 g/mol. The van der Waals surface area contributed by atoms with Crippen molar-refractivity contribution in [3.63, 3.8) is 0 Å². The quantitative estimate of drug-likeness (QED) is 0.324. The molecule has 5 N–H and O–H groups in total. The highest BCUT2D eigenvalue weighted by Crippen LogP contribution is 2.31. The van der Waals surface area contributed by atoms with E-state index < -0.39 is 36.8 Å².